The van der Waals surface area contributed by atoms with Crippen LogP contribution in [0.1, 0.15) is 6.42 Å². The van der Waals surface area contributed by atoms with E-state index in [9.17, 15) is 4.79 Å². The maximum Gasteiger partial charge on any atom is 0.320 e. The molecule has 1 aromatic rings. The molecule has 6 heteroatoms. The molecule has 116 valence electrons. The van der Waals surface area contributed by atoms with E-state index in [0.29, 0.717) is 6.42 Å². The van der Waals surface area contributed by atoms with E-state index < -0.39 is 12.0 Å². The van der Waals surface area contributed by atoms with Crippen LogP contribution in [0.5, 0.6) is 5.75 Å². The Morgan fingerprint density at radius 3 is 2.43 bits per heavy atom. The highest BCUT2D eigenvalue weighted by Crippen LogP contribution is 2.20. The molecule has 0 aliphatic carbocycles. The van der Waals surface area contributed by atoms with Crippen molar-refractivity contribution >= 4 is 11.7 Å². The van der Waals surface area contributed by atoms with Crippen molar-refractivity contribution in [2.75, 3.05) is 44.7 Å². The maximum absolute atomic E-state index is 10.7. The fraction of sp³-hybridized carbons (Fsp3) is 0.533. The molecule has 6 nitrogen and oxygen atoms in total. The number of hydrogen-bond acceptors (Lipinski definition) is 5. The number of carboxylic acids is 1. The minimum atomic E-state index is -0.924. The Morgan fingerprint density at radius 2 is 1.90 bits per heavy atom. The van der Waals surface area contributed by atoms with Gasteiger partial charge in [0.15, 0.2) is 0 Å². The summed E-state index contributed by atoms with van der Waals surface area (Å²) in [5.74, 6) is -0.0630. The molecule has 1 fully saturated rings. The summed E-state index contributed by atoms with van der Waals surface area (Å²) in [6, 6.07) is 7.30. The molecule has 1 aliphatic rings. The molecule has 0 amide bonds. The lowest BCUT2D eigenvalue weighted by atomic mass is 10.2. The number of aliphatic carboxylic acids is 1. The first-order valence-electron chi connectivity index (χ1n) is 7.20. The number of piperazine rings is 1. The van der Waals surface area contributed by atoms with Crippen LogP contribution < -0.4 is 15.4 Å². The number of methoxy groups -OCH3 is 1. The summed E-state index contributed by atoms with van der Waals surface area (Å²) in [6.45, 7) is 4.48. The molecule has 1 saturated heterocycles. The number of benzene rings is 1. The van der Waals surface area contributed by atoms with Gasteiger partial charge in [0.25, 0.3) is 0 Å². The summed E-state index contributed by atoms with van der Waals surface area (Å²) in [5, 5.41) is 8.78. The third-order valence-corrected chi connectivity index (χ3v) is 3.88. The zero-order valence-electron chi connectivity index (χ0n) is 12.4. The predicted octanol–water partition coefficient (Wildman–Crippen LogP) is 0.619. The van der Waals surface area contributed by atoms with Crippen LogP contribution in [0.3, 0.4) is 0 Å². The van der Waals surface area contributed by atoms with Crippen LogP contribution in [-0.2, 0) is 4.79 Å². The van der Waals surface area contributed by atoms with Crippen molar-refractivity contribution in [3.63, 3.8) is 0 Å². The van der Waals surface area contributed by atoms with E-state index in [1.54, 1.807) is 7.11 Å². The molecule has 1 aromatic carbocycles. The molecule has 1 atom stereocenters. The van der Waals surface area contributed by atoms with Crippen LogP contribution in [0.4, 0.5) is 5.69 Å². The number of hydrogen-bond donors (Lipinski definition) is 2. The summed E-state index contributed by atoms with van der Waals surface area (Å²) in [6.07, 6.45) is 0.498. The van der Waals surface area contributed by atoms with Gasteiger partial charge in [-0.25, -0.2) is 0 Å². The van der Waals surface area contributed by atoms with Gasteiger partial charge in [0.05, 0.1) is 7.11 Å². The van der Waals surface area contributed by atoms with Gasteiger partial charge in [-0.3, -0.25) is 9.69 Å². The van der Waals surface area contributed by atoms with Crippen LogP contribution >= 0.6 is 0 Å². The largest absolute Gasteiger partial charge is 0.497 e. The highest BCUT2D eigenvalue weighted by molar-refractivity contribution is 5.72. The van der Waals surface area contributed by atoms with E-state index in [1.807, 2.05) is 12.1 Å². The van der Waals surface area contributed by atoms with Gasteiger partial charge in [-0.05, 0) is 30.7 Å². The minimum absolute atomic E-state index is 0.498. The van der Waals surface area contributed by atoms with Gasteiger partial charge in [0.2, 0.25) is 0 Å². The van der Waals surface area contributed by atoms with Gasteiger partial charge >= 0.3 is 5.97 Å². The van der Waals surface area contributed by atoms with Crippen molar-refractivity contribution in [2.45, 2.75) is 12.5 Å². The number of nitrogens with two attached hydrogens (primary N) is 1. The van der Waals surface area contributed by atoms with E-state index in [1.165, 1.54) is 5.69 Å². The Bertz CT molecular complexity index is 456. The third kappa shape index (κ3) is 4.34. The molecule has 0 saturated carbocycles. The molecule has 3 N–H and O–H groups in total. The normalized spacial score (nSPS) is 17.5. The smallest absolute Gasteiger partial charge is 0.320 e. The monoisotopic (exact) mass is 293 g/mol. The second-order valence-corrected chi connectivity index (χ2v) is 5.26. The zero-order valence-corrected chi connectivity index (χ0v) is 12.4. The van der Waals surface area contributed by atoms with Crippen molar-refractivity contribution in [1.82, 2.24) is 4.90 Å². The topological polar surface area (TPSA) is 79.0 Å². The molecule has 0 spiro atoms. The molecular formula is C15H23N3O3. The first-order chi connectivity index (χ1) is 10.1. The van der Waals surface area contributed by atoms with Crippen molar-refractivity contribution in [1.29, 1.82) is 0 Å². The van der Waals surface area contributed by atoms with Crippen LogP contribution in [0, 0.1) is 0 Å². The standard InChI is InChI=1S/C15H23N3O3/c1-21-13-4-2-12(3-5-13)18-10-8-17(9-11-18)7-6-14(16)15(19)20/h2-5,14H,6-11,16H2,1H3,(H,19,20). The summed E-state index contributed by atoms with van der Waals surface area (Å²) in [4.78, 5) is 15.3. The lowest BCUT2D eigenvalue weighted by molar-refractivity contribution is -0.138. The van der Waals surface area contributed by atoms with E-state index in [4.69, 9.17) is 15.6 Å². The van der Waals surface area contributed by atoms with Crippen LogP contribution in [0.15, 0.2) is 24.3 Å². The van der Waals surface area contributed by atoms with Crippen molar-refractivity contribution in [2.24, 2.45) is 5.73 Å². The quantitative estimate of drug-likeness (QED) is 0.800. The first-order valence-corrected chi connectivity index (χ1v) is 7.20. The van der Waals surface area contributed by atoms with E-state index >= 15 is 0 Å². The van der Waals surface area contributed by atoms with E-state index in [0.717, 1.165) is 38.5 Å². The third-order valence-electron chi connectivity index (χ3n) is 3.88. The fourth-order valence-corrected chi connectivity index (χ4v) is 2.47. The maximum atomic E-state index is 10.7. The highest BCUT2D eigenvalue weighted by Gasteiger charge is 2.19. The lowest BCUT2D eigenvalue weighted by Crippen LogP contribution is -2.47. The van der Waals surface area contributed by atoms with Crippen LogP contribution in [0.25, 0.3) is 0 Å². The summed E-state index contributed by atoms with van der Waals surface area (Å²) < 4.78 is 5.16. The number of ether oxygens (including phenoxy) is 1. The Kier molecular flexibility index (Phi) is 5.41. The van der Waals surface area contributed by atoms with Gasteiger partial charge < -0.3 is 20.5 Å². The first kappa shape index (κ1) is 15.6. The van der Waals surface area contributed by atoms with Crippen molar-refractivity contribution < 1.29 is 14.6 Å². The molecular weight excluding hydrogens is 270 g/mol. The van der Waals surface area contributed by atoms with Gasteiger partial charge in [-0.1, -0.05) is 0 Å². The number of nitrogens with zero attached hydrogens (tertiary/aromatic N) is 2. The molecule has 21 heavy (non-hydrogen) atoms. The SMILES string of the molecule is COc1ccc(N2CCN(CCC(N)C(=O)O)CC2)cc1. The van der Waals surface area contributed by atoms with E-state index in [-0.39, 0.29) is 0 Å². The average molecular weight is 293 g/mol. The van der Waals surface area contributed by atoms with Gasteiger partial charge in [0.1, 0.15) is 11.8 Å². The van der Waals surface area contributed by atoms with E-state index in [2.05, 4.69) is 21.9 Å². The number of rotatable bonds is 6. The molecule has 1 aliphatic heterocycles. The lowest BCUT2D eigenvalue weighted by Gasteiger charge is -2.36. The number of carbonyl (C=O) groups is 1. The summed E-state index contributed by atoms with van der Waals surface area (Å²) >= 11 is 0. The highest BCUT2D eigenvalue weighted by atomic mass is 16.5. The molecule has 1 heterocycles. The zero-order chi connectivity index (χ0) is 15.2. The van der Waals surface area contributed by atoms with Crippen LogP contribution in [0.2, 0.25) is 0 Å². The number of anilines is 1. The molecule has 1 unspecified atom stereocenters. The van der Waals surface area contributed by atoms with Crippen molar-refractivity contribution in [3.8, 4) is 5.75 Å². The summed E-state index contributed by atoms with van der Waals surface area (Å²) in [7, 11) is 1.66. The van der Waals surface area contributed by atoms with Crippen LogP contribution in [-0.4, -0.2) is 61.9 Å². The molecule has 2 rings (SSSR count). The Morgan fingerprint density at radius 1 is 1.29 bits per heavy atom. The number of carboxylic acid groups (broad SMARTS) is 1. The average Bonchev–Trinajstić information content (AvgIpc) is 2.53. The molecule has 0 radical (unpaired) electrons. The van der Waals surface area contributed by atoms with Gasteiger partial charge in [0, 0.05) is 38.4 Å². The van der Waals surface area contributed by atoms with Gasteiger partial charge in [-0.15, -0.1) is 0 Å². The summed E-state index contributed by atoms with van der Waals surface area (Å²) in [5.41, 5.74) is 6.72. The fourth-order valence-electron chi connectivity index (χ4n) is 2.47. The second kappa shape index (κ2) is 7.28. The Balaban J connectivity index is 1.78. The molecule has 0 bridgehead atoms. The van der Waals surface area contributed by atoms with Gasteiger partial charge in [-0.2, -0.15) is 0 Å². The predicted molar refractivity (Wildman–Crippen MR) is 81.9 cm³/mol. The second-order valence-electron chi connectivity index (χ2n) is 5.26. The molecule has 0 aromatic heterocycles. The Labute approximate surface area is 125 Å². The van der Waals surface area contributed by atoms with Crippen molar-refractivity contribution in [3.05, 3.63) is 24.3 Å². The Hall–Kier alpha value is -1.79. The minimum Gasteiger partial charge on any atom is -0.497 e.